The van der Waals surface area contributed by atoms with E-state index >= 15 is 0 Å². The van der Waals surface area contributed by atoms with Gasteiger partial charge in [0, 0.05) is 6.42 Å². The molecule has 132 valence electrons. The summed E-state index contributed by atoms with van der Waals surface area (Å²) in [7, 11) is 0. The number of hydrogen-bond acceptors (Lipinski definition) is 1. The van der Waals surface area contributed by atoms with Gasteiger partial charge in [-0.2, -0.15) is 0 Å². The Morgan fingerprint density at radius 3 is 1.50 bits per heavy atom. The van der Waals surface area contributed by atoms with Crippen molar-refractivity contribution in [2.75, 3.05) is 0 Å². The molecule has 0 rings (SSSR count). The van der Waals surface area contributed by atoms with Gasteiger partial charge in [0.2, 0.25) is 0 Å². The first-order valence-corrected chi connectivity index (χ1v) is 10.1. The lowest BCUT2D eigenvalue weighted by Gasteiger charge is -2.20. The number of unbranched alkanes of at least 4 members (excludes halogenated alkanes) is 10. The molecule has 0 unspecified atom stereocenters. The van der Waals surface area contributed by atoms with Crippen molar-refractivity contribution >= 4 is 0 Å². The van der Waals surface area contributed by atoms with Crippen LogP contribution in [0.25, 0.3) is 0 Å². The number of hydrogen-bond donors (Lipinski definition) is 0. The van der Waals surface area contributed by atoms with E-state index < -0.39 is 0 Å². The third-order valence-corrected chi connectivity index (χ3v) is 4.49. The summed E-state index contributed by atoms with van der Waals surface area (Å²) in [5.74, 6) is 0.974. The van der Waals surface area contributed by atoms with Crippen LogP contribution in [-0.2, 0) is 4.74 Å². The number of ether oxygens (including phenoxy) is 1. The molecule has 0 aromatic rings. The standard InChI is InChI=1S/C21H42O/c1-5-8-10-12-14-16-18-21(22-20(4)7-3)19-17-15-13-11-9-6-2/h21H,4-19H2,1-3H3. The molecular weight excluding hydrogens is 268 g/mol. The Labute approximate surface area is 140 Å². The van der Waals surface area contributed by atoms with Gasteiger partial charge in [-0.15, -0.1) is 0 Å². The van der Waals surface area contributed by atoms with Crippen LogP contribution in [0.5, 0.6) is 0 Å². The van der Waals surface area contributed by atoms with Gasteiger partial charge in [0.15, 0.2) is 0 Å². The van der Waals surface area contributed by atoms with Crippen molar-refractivity contribution in [2.24, 2.45) is 0 Å². The van der Waals surface area contributed by atoms with E-state index in [0.717, 1.165) is 12.2 Å². The summed E-state index contributed by atoms with van der Waals surface area (Å²) in [6, 6.07) is 0. The molecule has 0 amide bonds. The summed E-state index contributed by atoms with van der Waals surface area (Å²) < 4.78 is 6.06. The Kier molecular flexibility index (Phi) is 16.5. The second-order valence-corrected chi connectivity index (χ2v) is 6.74. The first-order valence-electron chi connectivity index (χ1n) is 10.1. The van der Waals surface area contributed by atoms with Gasteiger partial charge in [-0.05, 0) is 25.7 Å². The molecule has 0 radical (unpaired) electrons. The van der Waals surface area contributed by atoms with Crippen LogP contribution in [0.15, 0.2) is 12.3 Å². The molecule has 0 aliphatic rings. The van der Waals surface area contributed by atoms with Crippen molar-refractivity contribution in [3.05, 3.63) is 12.3 Å². The molecular formula is C21H42O. The van der Waals surface area contributed by atoms with Crippen molar-refractivity contribution in [3.8, 4) is 0 Å². The van der Waals surface area contributed by atoms with Gasteiger partial charge in [-0.3, -0.25) is 0 Å². The topological polar surface area (TPSA) is 9.23 Å². The molecule has 1 nitrogen and oxygen atoms in total. The van der Waals surface area contributed by atoms with E-state index in [2.05, 4.69) is 27.4 Å². The van der Waals surface area contributed by atoms with Crippen LogP contribution in [0, 0.1) is 0 Å². The smallest absolute Gasteiger partial charge is 0.0982 e. The van der Waals surface area contributed by atoms with Crippen LogP contribution in [0.3, 0.4) is 0 Å². The monoisotopic (exact) mass is 310 g/mol. The van der Waals surface area contributed by atoms with E-state index in [-0.39, 0.29) is 0 Å². The third kappa shape index (κ3) is 14.5. The molecule has 0 fully saturated rings. The summed E-state index contributed by atoms with van der Waals surface area (Å²) >= 11 is 0. The molecule has 0 heterocycles. The zero-order chi connectivity index (χ0) is 16.5. The van der Waals surface area contributed by atoms with Gasteiger partial charge in [-0.25, -0.2) is 0 Å². The molecule has 0 aliphatic heterocycles. The lowest BCUT2D eigenvalue weighted by molar-refractivity contribution is 0.0916. The molecule has 0 aromatic heterocycles. The van der Waals surface area contributed by atoms with Crippen LogP contribution in [0.2, 0.25) is 0 Å². The minimum absolute atomic E-state index is 0.421. The van der Waals surface area contributed by atoms with Gasteiger partial charge in [0.25, 0.3) is 0 Å². The zero-order valence-corrected chi connectivity index (χ0v) is 15.8. The highest BCUT2D eigenvalue weighted by molar-refractivity contribution is 4.82. The molecule has 0 atom stereocenters. The Morgan fingerprint density at radius 1 is 0.682 bits per heavy atom. The Balaban J connectivity index is 3.77. The maximum Gasteiger partial charge on any atom is 0.0982 e. The number of rotatable bonds is 17. The summed E-state index contributed by atoms with van der Waals surface area (Å²) in [6.07, 6.45) is 20.2. The summed E-state index contributed by atoms with van der Waals surface area (Å²) in [4.78, 5) is 0. The highest BCUT2D eigenvalue weighted by Crippen LogP contribution is 2.19. The van der Waals surface area contributed by atoms with Crippen molar-refractivity contribution in [1.82, 2.24) is 0 Å². The average Bonchev–Trinajstić information content (AvgIpc) is 2.53. The summed E-state index contributed by atoms with van der Waals surface area (Å²) in [6.45, 7) is 10.7. The Hall–Kier alpha value is -0.460. The molecule has 0 aliphatic carbocycles. The highest BCUT2D eigenvalue weighted by atomic mass is 16.5. The van der Waals surface area contributed by atoms with Gasteiger partial charge in [0.1, 0.15) is 0 Å². The predicted molar refractivity (Wildman–Crippen MR) is 100 cm³/mol. The lowest BCUT2D eigenvalue weighted by atomic mass is 10.0. The van der Waals surface area contributed by atoms with Crippen LogP contribution in [0.1, 0.15) is 117 Å². The maximum atomic E-state index is 6.06. The average molecular weight is 311 g/mol. The fourth-order valence-electron chi connectivity index (χ4n) is 2.89. The minimum atomic E-state index is 0.421. The van der Waals surface area contributed by atoms with Gasteiger partial charge in [0.05, 0.1) is 11.9 Å². The second-order valence-electron chi connectivity index (χ2n) is 6.74. The molecule has 0 bridgehead atoms. The van der Waals surface area contributed by atoms with Crippen LogP contribution >= 0.6 is 0 Å². The van der Waals surface area contributed by atoms with Crippen molar-refractivity contribution in [2.45, 2.75) is 123 Å². The molecule has 0 saturated carbocycles. The molecule has 22 heavy (non-hydrogen) atoms. The van der Waals surface area contributed by atoms with Crippen LogP contribution in [0.4, 0.5) is 0 Å². The molecule has 0 aromatic carbocycles. The van der Waals surface area contributed by atoms with E-state index in [9.17, 15) is 0 Å². The number of allylic oxidation sites excluding steroid dienone is 1. The van der Waals surface area contributed by atoms with E-state index in [1.54, 1.807) is 0 Å². The van der Waals surface area contributed by atoms with Crippen molar-refractivity contribution in [1.29, 1.82) is 0 Å². The quantitative estimate of drug-likeness (QED) is 0.197. The summed E-state index contributed by atoms with van der Waals surface area (Å²) in [5, 5.41) is 0. The summed E-state index contributed by atoms with van der Waals surface area (Å²) in [5.41, 5.74) is 0. The maximum absolute atomic E-state index is 6.06. The van der Waals surface area contributed by atoms with Crippen LogP contribution in [-0.4, -0.2) is 6.10 Å². The van der Waals surface area contributed by atoms with E-state index in [0.29, 0.717) is 6.10 Å². The zero-order valence-electron chi connectivity index (χ0n) is 15.8. The van der Waals surface area contributed by atoms with E-state index in [4.69, 9.17) is 4.74 Å². The first-order chi connectivity index (χ1) is 10.7. The normalized spacial score (nSPS) is 11.1. The molecule has 1 heteroatoms. The van der Waals surface area contributed by atoms with Crippen LogP contribution < -0.4 is 0 Å². The van der Waals surface area contributed by atoms with Gasteiger partial charge >= 0.3 is 0 Å². The van der Waals surface area contributed by atoms with E-state index in [1.807, 2.05) is 0 Å². The Morgan fingerprint density at radius 2 is 1.09 bits per heavy atom. The molecule has 0 saturated heterocycles. The SMILES string of the molecule is C=C(CC)OC(CCCCCCCC)CCCCCCCC. The second kappa shape index (κ2) is 16.9. The fraction of sp³-hybridized carbons (Fsp3) is 0.905. The fourth-order valence-corrected chi connectivity index (χ4v) is 2.89. The van der Waals surface area contributed by atoms with Gasteiger partial charge < -0.3 is 4.74 Å². The first kappa shape index (κ1) is 21.5. The van der Waals surface area contributed by atoms with Crippen molar-refractivity contribution in [3.63, 3.8) is 0 Å². The van der Waals surface area contributed by atoms with Gasteiger partial charge in [-0.1, -0.05) is 91.6 Å². The largest absolute Gasteiger partial charge is 0.495 e. The minimum Gasteiger partial charge on any atom is -0.495 e. The molecule has 0 N–H and O–H groups in total. The molecule has 0 spiro atoms. The highest BCUT2D eigenvalue weighted by Gasteiger charge is 2.10. The Bertz CT molecular complexity index is 218. The van der Waals surface area contributed by atoms with E-state index in [1.165, 1.54) is 89.9 Å². The third-order valence-electron chi connectivity index (χ3n) is 4.49. The van der Waals surface area contributed by atoms with Crippen molar-refractivity contribution < 1.29 is 4.74 Å². The lowest BCUT2D eigenvalue weighted by Crippen LogP contribution is -2.12. The predicted octanol–water partition coefficient (Wildman–Crippen LogP) is 7.80.